The number of benzene rings is 2. The molecule has 0 bridgehead atoms. The van der Waals surface area contributed by atoms with Gasteiger partial charge in [-0.05, 0) is 35.7 Å². The summed E-state index contributed by atoms with van der Waals surface area (Å²) in [6.07, 6.45) is 5.26. The predicted molar refractivity (Wildman–Crippen MR) is 125 cm³/mol. The molecule has 1 fully saturated rings. The number of ketones is 1. The van der Waals surface area contributed by atoms with Crippen LogP contribution in [0.1, 0.15) is 42.5 Å². The summed E-state index contributed by atoms with van der Waals surface area (Å²) >= 11 is 0. The van der Waals surface area contributed by atoms with Crippen molar-refractivity contribution in [2.75, 3.05) is 6.61 Å². The Morgan fingerprint density at radius 2 is 1.88 bits per heavy atom. The number of aliphatic hydroxyl groups is 1. The van der Waals surface area contributed by atoms with E-state index in [0.29, 0.717) is 23.5 Å². The van der Waals surface area contributed by atoms with Gasteiger partial charge in [0.05, 0.1) is 18.2 Å². The van der Waals surface area contributed by atoms with Crippen molar-refractivity contribution >= 4 is 17.4 Å². The highest BCUT2D eigenvalue weighted by Gasteiger charge is 2.46. The summed E-state index contributed by atoms with van der Waals surface area (Å²) in [5.41, 5.74) is 2.04. The molecular weight excluding hydrogens is 416 g/mol. The lowest BCUT2D eigenvalue weighted by Gasteiger charge is -2.25. The van der Waals surface area contributed by atoms with Crippen molar-refractivity contribution in [3.8, 4) is 5.75 Å². The second-order valence-electron chi connectivity index (χ2n) is 7.93. The minimum atomic E-state index is -0.750. The molecule has 1 aliphatic heterocycles. The Labute approximate surface area is 193 Å². The average Bonchev–Trinajstić information content (AvgIpc) is 3.10. The minimum absolute atomic E-state index is 0.0702. The molecule has 0 saturated carbocycles. The Balaban J connectivity index is 1.80. The van der Waals surface area contributed by atoms with E-state index in [9.17, 15) is 14.7 Å². The summed E-state index contributed by atoms with van der Waals surface area (Å²) < 4.78 is 5.86. The number of hydrogen-bond acceptors (Lipinski definition) is 5. The summed E-state index contributed by atoms with van der Waals surface area (Å²) in [5.74, 6) is -0.890. The highest BCUT2D eigenvalue weighted by molar-refractivity contribution is 6.46. The van der Waals surface area contributed by atoms with E-state index in [0.717, 1.165) is 18.4 Å². The zero-order chi connectivity index (χ0) is 23.2. The second kappa shape index (κ2) is 10.1. The normalized spacial score (nSPS) is 17.4. The number of hydrogen-bond donors (Lipinski definition) is 1. The Morgan fingerprint density at radius 3 is 2.61 bits per heavy atom. The molecule has 0 spiro atoms. The first-order valence-electron chi connectivity index (χ1n) is 11.1. The Hall–Kier alpha value is -3.93. The second-order valence-corrected chi connectivity index (χ2v) is 7.93. The van der Waals surface area contributed by atoms with Crippen LogP contribution in [0.25, 0.3) is 5.76 Å². The van der Waals surface area contributed by atoms with Gasteiger partial charge in [-0.25, -0.2) is 0 Å². The number of pyridine rings is 1. The van der Waals surface area contributed by atoms with Crippen molar-refractivity contribution in [1.82, 2.24) is 9.88 Å². The summed E-state index contributed by atoms with van der Waals surface area (Å²) in [6, 6.07) is 19.1. The van der Waals surface area contributed by atoms with Crippen LogP contribution in [-0.2, 0) is 16.1 Å². The van der Waals surface area contributed by atoms with Crippen LogP contribution in [-0.4, -0.2) is 33.3 Å². The third-order valence-electron chi connectivity index (χ3n) is 5.60. The molecule has 168 valence electrons. The quantitative estimate of drug-likeness (QED) is 0.233. The van der Waals surface area contributed by atoms with Gasteiger partial charge < -0.3 is 14.7 Å². The van der Waals surface area contributed by atoms with Gasteiger partial charge in [0.2, 0.25) is 0 Å². The smallest absolute Gasteiger partial charge is 0.295 e. The highest BCUT2D eigenvalue weighted by atomic mass is 16.5. The van der Waals surface area contributed by atoms with Crippen LogP contribution in [0, 0.1) is 0 Å². The molecule has 2 heterocycles. The zero-order valence-corrected chi connectivity index (χ0v) is 18.5. The third kappa shape index (κ3) is 4.80. The number of likely N-dealkylation sites (tertiary alicyclic amines) is 1. The first-order valence-corrected chi connectivity index (χ1v) is 11.1. The molecule has 3 aromatic rings. The Morgan fingerprint density at radius 1 is 1.06 bits per heavy atom. The van der Waals surface area contributed by atoms with Crippen LogP contribution in [0.3, 0.4) is 0 Å². The molecule has 1 saturated heterocycles. The molecule has 1 aliphatic rings. The molecule has 0 aliphatic carbocycles. The van der Waals surface area contributed by atoms with Gasteiger partial charge >= 0.3 is 0 Å². The number of unbranched alkanes of at least 4 members (excludes halogenated alkanes) is 1. The van der Waals surface area contributed by atoms with E-state index in [-0.39, 0.29) is 17.9 Å². The van der Waals surface area contributed by atoms with Crippen molar-refractivity contribution in [1.29, 1.82) is 0 Å². The molecule has 1 aromatic heterocycles. The fraction of sp³-hybridized carbons (Fsp3) is 0.222. The van der Waals surface area contributed by atoms with E-state index in [1.165, 1.54) is 4.90 Å². The molecular formula is C27H26N2O4. The molecule has 6 nitrogen and oxygen atoms in total. The van der Waals surface area contributed by atoms with Crippen LogP contribution >= 0.6 is 0 Å². The van der Waals surface area contributed by atoms with Gasteiger partial charge in [-0.2, -0.15) is 0 Å². The number of aliphatic hydroxyl groups excluding tert-OH is 1. The van der Waals surface area contributed by atoms with E-state index in [2.05, 4.69) is 11.9 Å². The fourth-order valence-corrected chi connectivity index (χ4v) is 3.94. The van der Waals surface area contributed by atoms with E-state index in [1.807, 2.05) is 36.4 Å². The number of ether oxygens (including phenoxy) is 1. The largest absolute Gasteiger partial charge is 0.507 e. The fourth-order valence-electron chi connectivity index (χ4n) is 3.94. The molecule has 4 rings (SSSR count). The maximum Gasteiger partial charge on any atom is 0.295 e. The summed E-state index contributed by atoms with van der Waals surface area (Å²) in [6.45, 7) is 2.87. The third-order valence-corrected chi connectivity index (χ3v) is 5.60. The van der Waals surface area contributed by atoms with E-state index in [4.69, 9.17) is 4.74 Å². The number of Topliss-reactive ketones (excluding diaryl/α,β-unsaturated/α-hetero) is 1. The zero-order valence-electron chi connectivity index (χ0n) is 18.5. The Kier molecular flexibility index (Phi) is 6.83. The van der Waals surface area contributed by atoms with Gasteiger partial charge in [-0.3, -0.25) is 14.6 Å². The topological polar surface area (TPSA) is 79.7 Å². The molecule has 1 N–H and O–H groups in total. The molecule has 1 unspecified atom stereocenters. The van der Waals surface area contributed by atoms with Crippen LogP contribution < -0.4 is 4.74 Å². The van der Waals surface area contributed by atoms with E-state index in [1.54, 1.807) is 42.7 Å². The predicted octanol–water partition coefficient (Wildman–Crippen LogP) is 4.88. The van der Waals surface area contributed by atoms with Crippen LogP contribution in [0.4, 0.5) is 0 Å². The SMILES string of the molecule is CCCCOc1cccc(C2/C(=C(\O)c3ccccc3)C(=O)C(=O)N2Cc2cccnc2)c1. The molecule has 0 radical (unpaired) electrons. The minimum Gasteiger partial charge on any atom is -0.507 e. The van der Waals surface area contributed by atoms with E-state index < -0.39 is 17.7 Å². The van der Waals surface area contributed by atoms with E-state index >= 15 is 0 Å². The number of amides is 1. The summed E-state index contributed by atoms with van der Waals surface area (Å²) in [5, 5.41) is 11.1. The lowest BCUT2D eigenvalue weighted by Crippen LogP contribution is -2.29. The maximum absolute atomic E-state index is 13.1. The number of carbonyl (C=O) groups excluding carboxylic acids is 2. The van der Waals surface area contributed by atoms with Crippen LogP contribution in [0.5, 0.6) is 5.75 Å². The molecule has 1 amide bonds. The summed E-state index contributed by atoms with van der Waals surface area (Å²) in [4.78, 5) is 31.9. The van der Waals surface area contributed by atoms with Crippen molar-refractivity contribution in [3.05, 3.63) is 101 Å². The summed E-state index contributed by atoms with van der Waals surface area (Å²) in [7, 11) is 0. The number of aromatic nitrogens is 1. The van der Waals surface area contributed by atoms with Gasteiger partial charge in [-0.15, -0.1) is 0 Å². The highest BCUT2D eigenvalue weighted by Crippen LogP contribution is 2.41. The molecule has 6 heteroatoms. The lowest BCUT2D eigenvalue weighted by atomic mass is 9.95. The van der Waals surface area contributed by atoms with Gasteiger partial charge in [-0.1, -0.05) is 61.9 Å². The van der Waals surface area contributed by atoms with Crippen LogP contribution in [0.2, 0.25) is 0 Å². The first kappa shape index (κ1) is 22.3. The number of carbonyl (C=O) groups is 2. The molecule has 1 atom stereocenters. The monoisotopic (exact) mass is 442 g/mol. The average molecular weight is 443 g/mol. The van der Waals surface area contributed by atoms with Gasteiger partial charge in [0.15, 0.2) is 0 Å². The number of rotatable bonds is 8. The van der Waals surface area contributed by atoms with Crippen LogP contribution in [0.15, 0.2) is 84.7 Å². The molecule has 33 heavy (non-hydrogen) atoms. The lowest BCUT2D eigenvalue weighted by molar-refractivity contribution is -0.140. The maximum atomic E-state index is 13.1. The van der Waals surface area contributed by atoms with Gasteiger partial charge in [0.25, 0.3) is 11.7 Å². The molecule has 2 aromatic carbocycles. The number of nitrogens with zero attached hydrogens (tertiary/aromatic N) is 2. The standard InChI is InChI=1S/C27H26N2O4/c1-2-3-15-33-22-13-7-12-21(16-22)24-23(25(30)20-10-5-4-6-11-20)26(31)27(32)29(24)18-19-9-8-14-28-17-19/h4-14,16-17,24,30H,2-3,15,18H2,1H3/b25-23+. The van der Waals surface area contributed by atoms with Crippen molar-refractivity contribution in [2.24, 2.45) is 0 Å². The first-order chi connectivity index (χ1) is 16.1. The van der Waals surface area contributed by atoms with Crippen molar-refractivity contribution in [3.63, 3.8) is 0 Å². The van der Waals surface area contributed by atoms with Gasteiger partial charge in [0, 0.05) is 24.5 Å². The Bertz CT molecular complexity index is 1160. The van der Waals surface area contributed by atoms with Gasteiger partial charge in [0.1, 0.15) is 11.5 Å². The van der Waals surface area contributed by atoms with Crippen molar-refractivity contribution in [2.45, 2.75) is 32.4 Å². The van der Waals surface area contributed by atoms with Crippen molar-refractivity contribution < 1.29 is 19.4 Å².